The van der Waals surface area contributed by atoms with Crippen molar-refractivity contribution in [1.82, 2.24) is 0 Å². The van der Waals surface area contributed by atoms with E-state index in [1.54, 1.807) is 0 Å². The molecule has 0 saturated heterocycles. The summed E-state index contributed by atoms with van der Waals surface area (Å²) < 4.78 is 16.9. The van der Waals surface area contributed by atoms with Crippen LogP contribution in [0.15, 0.2) is 24.3 Å². The van der Waals surface area contributed by atoms with Gasteiger partial charge in [-0.05, 0) is 51.4 Å². The quantitative estimate of drug-likeness (QED) is 0.0261. The number of ether oxygens (including phenoxy) is 3. The molecule has 0 aromatic heterocycles. The maximum atomic E-state index is 12.9. The van der Waals surface area contributed by atoms with Crippen molar-refractivity contribution >= 4 is 17.9 Å². The molecule has 0 aromatic rings. The molecule has 0 aliphatic rings. The predicted molar refractivity (Wildman–Crippen MR) is 312 cm³/mol. The van der Waals surface area contributed by atoms with Crippen LogP contribution in [0.3, 0.4) is 0 Å². The molecule has 0 radical (unpaired) electrons. The van der Waals surface area contributed by atoms with Gasteiger partial charge in [-0.15, -0.1) is 0 Å². The first kappa shape index (κ1) is 69.9. The number of esters is 3. The lowest BCUT2D eigenvalue weighted by Crippen LogP contribution is -2.30. The van der Waals surface area contributed by atoms with Crippen molar-refractivity contribution in [2.45, 2.75) is 367 Å². The van der Waals surface area contributed by atoms with Crippen molar-refractivity contribution in [2.75, 3.05) is 13.2 Å². The second-order valence-corrected chi connectivity index (χ2v) is 22.0. The van der Waals surface area contributed by atoms with Crippen LogP contribution in [0, 0.1) is 0 Å². The second kappa shape index (κ2) is 61.4. The first-order valence-electron chi connectivity index (χ1n) is 32.3. The highest BCUT2D eigenvalue weighted by molar-refractivity contribution is 5.71. The fraction of sp³-hybridized carbons (Fsp3) is 0.894. The Morgan fingerprint density at radius 2 is 0.500 bits per heavy atom. The molecule has 6 heteroatoms. The van der Waals surface area contributed by atoms with Crippen molar-refractivity contribution in [1.29, 1.82) is 0 Å². The van der Waals surface area contributed by atoms with Gasteiger partial charge in [-0.3, -0.25) is 14.4 Å². The van der Waals surface area contributed by atoms with Crippen LogP contribution < -0.4 is 0 Å². The molecule has 0 aliphatic heterocycles. The van der Waals surface area contributed by atoms with Crippen molar-refractivity contribution in [2.24, 2.45) is 0 Å². The number of hydrogen-bond donors (Lipinski definition) is 0. The van der Waals surface area contributed by atoms with Gasteiger partial charge in [-0.2, -0.15) is 0 Å². The summed E-state index contributed by atoms with van der Waals surface area (Å²) >= 11 is 0. The SMILES string of the molecule is CCCCCC/C=C\C/C=C\CCCCCCCC(=O)OC(COC(=O)CCCCCCCCCCCCCCCC)COC(=O)CCCCCCCCCCCCCCCCCCCCCCCCCC. The van der Waals surface area contributed by atoms with E-state index in [0.717, 1.165) is 77.0 Å². The maximum Gasteiger partial charge on any atom is 0.306 e. The van der Waals surface area contributed by atoms with Gasteiger partial charge in [0, 0.05) is 19.3 Å². The minimum absolute atomic E-state index is 0.0711. The molecule has 0 N–H and O–H groups in total. The molecule has 0 amide bonds. The minimum atomic E-state index is -0.774. The molecule has 72 heavy (non-hydrogen) atoms. The van der Waals surface area contributed by atoms with E-state index in [9.17, 15) is 14.4 Å². The van der Waals surface area contributed by atoms with Crippen LogP contribution >= 0.6 is 0 Å². The average Bonchev–Trinajstić information content (AvgIpc) is 3.38. The van der Waals surface area contributed by atoms with E-state index in [4.69, 9.17) is 14.2 Å². The Morgan fingerprint density at radius 1 is 0.278 bits per heavy atom. The summed E-state index contributed by atoms with van der Waals surface area (Å²) in [5.41, 5.74) is 0. The fourth-order valence-corrected chi connectivity index (χ4v) is 9.83. The fourth-order valence-electron chi connectivity index (χ4n) is 9.83. The molecule has 0 aromatic carbocycles. The zero-order valence-electron chi connectivity index (χ0n) is 48.7. The van der Waals surface area contributed by atoms with E-state index in [2.05, 4.69) is 45.1 Å². The lowest BCUT2D eigenvalue weighted by molar-refractivity contribution is -0.167. The van der Waals surface area contributed by atoms with Crippen LogP contribution in [-0.4, -0.2) is 37.2 Å². The molecular formula is C66H124O6. The molecule has 424 valence electrons. The second-order valence-electron chi connectivity index (χ2n) is 22.0. The van der Waals surface area contributed by atoms with E-state index < -0.39 is 6.10 Å². The smallest absolute Gasteiger partial charge is 0.306 e. The van der Waals surface area contributed by atoms with Gasteiger partial charge >= 0.3 is 17.9 Å². The Morgan fingerprint density at radius 3 is 0.778 bits per heavy atom. The van der Waals surface area contributed by atoms with Gasteiger partial charge in [0.05, 0.1) is 0 Å². The van der Waals surface area contributed by atoms with Crippen LogP contribution in [0.25, 0.3) is 0 Å². The zero-order valence-corrected chi connectivity index (χ0v) is 48.7. The number of rotatable bonds is 60. The van der Waals surface area contributed by atoms with Crippen molar-refractivity contribution < 1.29 is 28.6 Å². The Bertz CT molecular complexity index is 1160. The monoisotopic (exact) mass is 1010 g/mol. The molecule has 0 spiro atoms. The number of carbonyl (C=O) groups is 3. The highest BCUT2D eigenvalue weighted by Gasteiger charge is 2.19. The lowest BCUT2D eigenvalue weighted by atomic mass is 10.0. The molecule has 1 atom stereocenters. The molecule has 0 bridgehead atoms. The van der Waals surface area contributed by atoms with E-state index in [1.807, 2.05) is 0 Å². The topological polar surface area (TPSA) is 78.9 Å². The molecule has 0 rings (SSSR count). The highest BCUT2D eigenvalue weighted by atomic mass is 16.6. The van der Waals surface area contributed by atoms with Gasteiger partial charge < -0.3 is 14.2 Å². The van der Waals surface area contributed by atoms with Gasteiger partial charge in [0.2, 0.25) is 0 Å². The third kappa shape index (κ3) is 58.8. The van der Waals surface area contributed by atoms with Crippen LogP contribution in [-0.2, 0) is 28.6 Å². The third-order valence-corrected chi connectivity index (χ3v) is 14.7. The Labute approximate surface area is 449 Å². The molecule has 0 aliphatic carbocycles. The molecular weight excluding hydrogens is 889 g/mol. The maximum absolute atomic E-state index is 12.9. The number of unbranched alkanes of at least 4 members (excludes halogenated alkanes) is 45. The molecule has 0 fully saturated rings. The Hall–Kier alpha value is -2.11. The molecule has 6 nitrogen and oxygen atoms in total. The van der Waals surface area contributed by atoms with Crippen LogP contribution in [0.5, 0.6) is 0 Å². The van der Waals surface area contributed by atoms with Gasteiger partial charge in [-0.1, -0.05) is 315 Å². The van der Waals surface area contributed by atoms with Gasteiger partial charge in [0.15, 0.2) is 6.10 Å². The van der Waals surface area contributed by atoms with E-state index in [0.29, 0.717) is 19.3 Å². The zero-order chi connectivity index (χ0) is 52.2. The average molecular weight is 1010 g/mol. The first-order valence-corrected chi connectivity index (χ1v) is 32.3. The first-order chi connectivity index (χ1) is 35.5. The molecule has 0 saturated carbocycles. The third-order valence-electron chi connectivity index (χ3n) is 14.7. The number of allylic oxidation sites excluding steroid dienone is 4. The largest absolute Gasteiger partial charge is 0.462 e. The van der Waals surface area contributed by atoms with E-state index in [-0.39, 0.29) is 31.1 Å². The van der Waals surface area contributed by atoms with Crippen LogP contribution in [0.2, 0.25) is 0 Å². The van der Waals surface area contributed by atoms with Gasteiger partial charge in [0.1, 0.15) is 13.2 Å². The van der Waals surface area contributed by atoms with Crippen molar-refractivity contribution in [3.8, 4) is 0 Å². The number of hydrogen-bond acceptors (Lipinski definition) is 6. The summed E-state index contributed by atoms with van der Waals surface area (Å²) in [6.07, 6.45) is 73.3. The Balaban J connectivity index is 4.25. The summed E-state index contributed by atoms with van der Waals surface area (Å²) in [5, 5.41) is 0. The van der Waals surface area contributed by atoms with Crippen molar-refractivity contribution in [3.63, 3.8) is 0 Å². The van der Waals surface area contributed by atoms with Gasteiger partial charge in [0.25, 0.3) is 0 Å². The standard InChI is InChI=1S/C66H124O6/c1-4-7-10-13-16-19-22-25-28-30-31-32-33-34-35-36-37-39-41-44-47-50-53-56-59-65(68)71-62-63(61-70-64(67)58-55-52-49-46-43-40-27-24-21-18-15-12-9-6-3)72-66(69)60-57-54-51-48-45-42-38-29-26-23-20-17-14-11-8-5-2/h20,23,29,38,63H,4-19,21-22,24-28,30-37,39-62H2,1-3H3/b23-20-,38-29-. The summed E-state index contributed by atoms with van der Waals surface area (Å²) in [6, 6.07) is 0. The molecule has 0 heterocycles. The Kier molecular flexibility index (Phi) is 59.6. The van der Waals surface area contributed by atoms with Crippen LogP contribution in [0.4, 0.5) is 0 Å². The normalized spacial score (nSPS) is 12.1. The summed E-state index contributed by atoms with van der Waals surface area (Å²) in [4.78, 5) is 38.3. The van der Waals surface area contributed by atoms with Crippen LogP contribution in [0.1, 0.15) is 361 Å². The molecule has 1 unspecified atom stereocenters. The lowest BCUT2D eigenvalue weighted by Gasteiger charge is -2.18. The predicted octanol–water partition coefficient (Wildman–Crippen LogP) is 21.8. The van der Waals surface area contributed by atoms with Crippen molar-refractivity contribution in [3.05, 3.63) is 24.3 Å². The summed E-state index contributed by atoms with van der Waals surface area (Å²) in [5.74, 6) is -0.858. The number of carbonyl (C=O) groups excluding carboxylic acids is 3. The summed E-state index contributed by atoms with van der Waals surface area (Å²) in [6.45, 7) is 6.68. The highest BCUT2D eigenvalue weighted by Crippen LogP contribution is 2.18. The van der Waals surface area contributed by atoms with E-state index in [1.165, 1.54) is 244 Å². The van der Waals surface area contributed by atoms with E-state index >= 15 is 0 Å². The van der Waals surface area contributed by atoms with Gasteiger partial charge in [-0.25, -0.2) is 0 Å². The summed E-state index contributed by atoms with van der Waals surface area (Å²) in [7, 11) is 0. The minimum Gasteiger partial charge on any atom is -0.462 e.